The van der Waals surface area contributed by atoms with Crippen LogP contribution in [0.4, 0.5) is 0 Å². The van der Waals surface area contributed by atoms with E-state index in [1.165, 1.54) is 18.4 Å². The van der Waals surface area contributed by atoms with Gasteiger partial charge in [0.15, 0.2) is 5.79 Å². The van der Waals surface area contributed by atoms with Crippen LogP contribution < -0.4 is 0 Å². The fourth-order valence-corrected chi connectivity index (χ4v) is 4.59. The first kappa shape index (κ1) is 24.4. The average Bonchev–Trinajstić information content (AvgIpc) is 3.31. The van der Waals surface area contributed by atoms with Gasteiger partial charge in [-0.2, -0.15) is 0 Å². The summed E-state index contributed by atoms with van der Waals surface area (Å²) in [7, 11) is 0. The second kappa shape index (κ2) is 13.4. The first-order valence-corrected chi connectivity index (χ1v) is 11.9. The van der Waals surface area contributed by atoms with E-state index in [1.807, 2.05) is 6.92 Å². The molecule has 5 heteroatoms. The van der Waals surface area contributed by atoms with E-state index in [4.69, 9.17) is 14.2 Å². The molecule has 0 unspecified atom stereocenters. The first-order valence-electron chi connectivity index (χ1n) is 11.9. The minimum atomic E-state index is -0.437. The number of hydrogen-bond donors (Lipinski definition) is 1. The number of rotatable bonds is 14. The Bertz CT molecular complexity index is 495. The molecule has 29 heavy (non-hydrogen) atoms. The maximum Gasteiger partial charge on any atom is 0.305 e. The van der Waals surface area contributed by atoms with E-state index in [-0.39, 0.29) is 18.0 Å². The zero-order valence-electron chi connectivity index (χ0n) is 18.6. The zero-order chi connectivity index (χ0) is 21.0. The standard InChI is InChI=1S/C24H42O5/c1-3-5-10-16-24(28-18-19-29-24)17-15-20-13-14-22(25)21(20)11-8-6-7-9-12-23(26)27-4-2/h15,21-22,25H,3-14,16-19H2,1-2H3/t21-,22+/m1/s1. The molecule has 0 amide bonds. The summed E-state index contributed by atoms with van der Waals surface area (Å²) in [5.74, 6) is -0.254. The zero-order valence-corrected chi connectivity index (χ0v) is 18.6. The molecule has 1 heterocycles. The summed E-state index contributed by atoms with van der Waals surface area (Å²) in [6.45, 7) is 5.89. The molecule has 0 spiro atoms. The number of aliphatic hydroxyl groups is 1. The van der Waals surface area contributed by atoms with Crippen molar-refractivity contribution in [1.82, 2.24) is 0 Å². The molecule has 0 aromatic carbocycles. The van der Waals surface area contributed by atoms with Crippen molar-refractivity contribution in [1.29, 1.82) is 0 Å². The molecule has 1 N–H and O–H groups in total. The minimum absolute atomic E-state index is 0.0897. The maximum atomic E-state index is 11.4. The number of aliphatic hydroxyl groups excluding tert-OH is 1. The SMILES string of the molecule is CCCCCC1(CC=C2CC[C@H](O)[C@@H]2CCCCCCC(=O)OCC)OCCO1. The number of ether oxygens (including phenoxy) is 3. The lowest BCUT2D eigenvalue weighted by Crippen LogP contribution is -2.29. The number of esters is 1. The Hall–Kier alpha value is -0.910. The third kappa shape index (κ3) is 8.39. The van der Waals surface area contributed by atoms with E-state index in [0.717, 1.165) is 64.2 Å². The summed E-state index contributed by atoms with van der Waals surface area (Å²) in [6, 6.07) is 0. The summed E-state index contributed by atoms with van der Waals surface area (Å²) in [4.78, 5) is 11.4. The number of carbonyl (C=O) groups is 1. The van der Waals surface area contributed by atoms with Crippen LogP contribution in [0.25, 0.3) is 0 Å². The predicted octanol–water partition coefficient (Wildman–Crippen LogP) is 5.30. The number of hydrogen-bond acceptors (Lipinski definition) is 5. The molecule has 1 aliphatic carbocycles. The topological polar surface area (TPSA) is 65.0 Å². The smallest absolute Gasteiger partial charge is 0.305 e. The van der Waals surface area contributed by atoms with E-state index in [0.29, 0.717) is 26.2 Å². The Kier molecular flexibility index (Phi) is 11.3. The van der Waals surface area contributed by atoms with Gasteiger partial charge >= 0.3 is 5.97 Å². The van der Waals surface area contributed by atoms with Gasteiger partial charge in [-0.25, -0.2) is 0 Å². The monoisotopic (exact) mass is 410 g/mol. The van der Waals surface area contributed by atoms with Crippen LogP contribution in [0, 0.1) is 5.92 Å². The van der Waals surface area contributed by atoms with Crippen molar-refractivity contribution in [2.45, 2.75) is 109 Å². The fraction of sp³-hybridized carbons (Fsp3) is 0.875. The van der Waals surface area contributed by atoms with Gasteiger partial charge in [0.1, 0.15) is 0 Å². The van der Waals surface area contributed by atoms with Crippen molar-refractivity contribution in [3.8, 4) is 0 Å². The predicted molar refractivity (Wildman–Crippen MR) is 115 cm³/mol. The van der Waals surface area contributed by atoms with Crippen LogP contribution in [-0.4, -0.2) is 42.8 Å². The van der Waals surface area contributed by atoms with E-state index >= 15 is 0 Å². The van der Waals surface area contributed by atoms with Crippen molar-refractivity contribution in [3.05, 3.63) is 11.6 Å². The van der Waals surface area contributed by atoms with Crippen LogP contribution in [0.3, 0.4) is 0 Å². The lowest BCUT2D eigenvalue weighted by atomic mass is 9.92. The Balaban J connectivity index is 1.75. The quantitative estimate of drug-likeness (QED) is 0.239. The highest BCUT2D eigenvalue weighted by Crippen LogP contribution is 2.38. The summed E-state index contributed by atoms with van der Waals surface area (Å²) in [6.07, 6.45) is 14.9. The molecule has 5 nitrogen and oxygen atoms in total. The molecular formula is C24H42O5. The summed E-state index contributed by atoms with van der Waals surface area (Å²) >= 11 is 0. The first-order chi connectivity index (χ1) is 14.1. The Labute approximate surface area is 177 Å². The maximum absolute atomic E-state index is 11.4. The molecule has 1 saturated heterocycles. The lowest BCUT2D eigenvalue weighted by molar-refractivity contribution is -0.160. The van der Waals surface area contributed by atoms with Gasteiger partial charge in [-0.15, -0.1) is 0 Å². The van der Waals surface area contributed by atoms with Crippen LogP contribution in [-0.2, 0) is 19.0 Å². The minimum Gasteiger partial charge on any atom is -0.466 e. The van der Waals surface area contributed by atoms with Gasteiger partial charge < -0.3 is 19.3 Å². The molecule has 0 radical (unpaired) electrons. The van der Waals surface area contributed by atoms with Crippen LogP contribution in [0.2, 0.25) is 0 Å². The van der Waals surface area contributed by atoms with Crippen LogP contribution in [0.15, 0.2) is 11.6 Å². The van der Waals surface area contributed by atoms with Crippen LogP contribution in [0.5, 0.6) is 0 Å². The third-order valence-corrected chi connectivity index (χ3v) is 6.27. The molecule has 0 aromatic heterocycles. The van der Waals surface area contributed by atoms with Gasteiger partial charge in [-0.3, -0.25) is 4.79 Å². The molecule has 2 fully saturated rings. The molecule has 2 rings (SSSR count). The number of unbranched alkanes of at least 4 members (excludes halogenated alkanes) is 5. The Morgan fingerprint density at radius 2 is 1.90 bits per heavy atom. The fourth-order valence-electron chi connectivity index (χ4n) is 4.59. The largest absolute Gasteiger partial charge is 0.466 e. The van der Waals surface area contributed by atoms with Crippen molar-refractivity contribution in [2.75, 3.05) is 19.8 Å². The number of carbonyl (C=O) groups excluding carboxylic acids is 1. The summed E-state index contributed by atoms with van der Waals surface area (Å²) in [5.41, 5.74) is 1.39. The third-order valence-electron chi connectivity index (χ3n) is 6.27. The van der Waals surface area contributed by atoms with Gasteiger partial charge in [-0.05, 0) is 39.0 Å². The molecular weight excluding hydrogens is 368 g/mol. The highest BCUT2D eigenvalue weighted by atomic mass is 16.7. The molecule has 0 aromatic rings. The van der Waals surface area contributed by atoms with Crippen molar-refractivity contribution in [3.63, 3.8) is 0 Å². The molecule has 168 valence electrons. The van der Waals surface area contributed by atoms with Crippen molar-refractivity contribution in [2.24, 2.45) is 5.92 Å². The highest BCUT2D eigenvalue weighted by Gasteiger charge is 2.36. The molecule has 1 aliphatic heterocycles. The summed E-state index contributed by atoms with van der Waals surface area (Å²) < 4.78 is 17.0. The lowest BCUT2D eigenvalue weighted by Gasteiger charge is -2.27. The van der Waals surface area contributed by atoms with Gasteiger partial charge in [0.25, 0.3) is 0 Å². The second-order valence-corrected chi connectivity index (χ2v) is 8.52. The van der Waals surface area contributed by atoms with Crippen LogP contribution in [0.1, 0.15) is 97.3 Å². The van der Waals surface area contributed by atoms with Crippen molar-refractivity contribution < 1.29 is 24.1 Å². The average molecular weight is 411 g/mol. The van der Waals surface area contributed by atoms with E-state index in [2.05, 4.69) is 13.0 Å². The molecule has 0 bridgehead atoms. The van der Waals surface area contributed by atoms with Gasteiger partial charge in [0.2, 0.25) is 0 Å². The van der Waals surface area contributed by atoms with Crippen LogP contribution >= 0.6 is 0 Å². The molecule has 2 aliphatic rings. The second-order valence-electron chi connectivity index (χ2n) is 8.52. The van der Waals surface area contributed by atoms with Gasteiger partial charge in [0.05, 0.1) is 25.9 Å². The van der Waals surface area contributed by atoms with E-state index < -0.39 is 5.79 Å². The van der Waals surface area contributed by atoms with E-state index in [1.54, 1.807) is 0 Å². The highest BCUT2D eigenvalue weighted by molar-refractivity contribution is 5.69. The van der Waals surface area contributed by atoms with Gasteiger partial charge in [0, 0.05) is 25.2 Å². The normalized spacial score (nSPS) is 25.0. The van der Waals surface area contributed by atoms with Gasteiger partial charge in [-0.1, -0.05) is 50.7 Å². The summed E-state index contributed by atoms with van der Waals surface area (Å²) in [5, 5.41) is 10.5. The van der Waals surface area contributed by atoms with Crippen molar-refractivity contribution >= 4 is 5.97 Å². The molecule has 1 saturated carbocycles. The van der Waals surface area contributed by atoms with E-state index in [9.17, 15) is 9.90 Å². The Morgan fingerprint density at radius 3 is 2.62 bits per heavy atom. The Morgan fingerprint density at radius 1 is 1.14 bits per heavy atom. The molecule has 2 atom stereocenters.